The molecule has 1 aliphatic carbocycles. The molecule has 0 fully saturated rings. The molecule has 5 rings (SSSR count). The Morgan fingerprint density at radius 2 is 1.79 bits per heavy atom. The van der Waals surface area contributed by atoms with Crippen LogP contribution >= 0.6 is 0 Å². The van der Waals surface area contributed by atoms with Crippen LogP contribution in [0.2, 0.25) is 0 Å². The van der Waals surface area contributed by atoms with Crippen LogP contribution in [0, 0.1) is 6.92 Å². The van der Waals surface area contributed by atoms with Crippen molar-refractivity contribution in [2.45, 2.75) is 38.6 Å². The first kappa shape index (κ1) is 22.1. The van der Waals surface area contributed by atoms with Crippen LogP contribution in [-0.2, 0) is 19.5 Å². The Balaban J connectivity index is 1.25. The van der Waals surface area contributed by atoms with Gasteiger partial charge < -0.3 is 20.2 Å². The number of aromatic nitrogens is 1. The van der Waals surface area contributed by atoms with Gasteiger partial charge in [-0.1, -0.05) is 60.7 Å². The maximum Gasteiger partial charge on any atom is 0.251 e. The van der Waals surface area contributed by atoms with E-state index in [0.717, 1.165) is 33.6 Å². The molecule has 1 aromatic heterocycles. The Labute approximate surface area is 198 Å². The lowest BCUT2D eigenvalue weighted by Crippen LogP contribution is -2.33. The highest BCUT2D eigenvalue weighted by atomic mass is 16.4. The van der Waals surface area contributed by atoms with Gasteiger partial charge in [0.05, 0.1) is 24.9 Å². The maximum absolute atomic E-state index is 13.0. The van der Waals surface area contributed by atoms with Crippen molar-refractivity contribution < 1.29 is 14.3 Å². The summed E-state index contributed by atoms with van der Waals surface area (Å²) in [7, 11) is 0. The summed E-state index contributed by atoms with van der Waals surface area (Å²) in [6, 6.07) is 23.3. The second kappa shape index (κ2) is 9.63. The van der Waals surface area contributed by atoms with Gasteiger partial charge in [-0.2, -0.15) is 0 Å². The van der Waals surface area contributed by atoms with Crippen LogP contribution in [0.3, 0.4) is 0 Å². The lowest BCUT2D eigenvalue weighted by Gasteiger charge is -2.19. The van der Waals surface area contributed by atoms with Crippen molar-refractivity contribution in [1.82, 2.24) is 15.6 Å². The first-order valence-corrected chi connectivity index (χ1v) is 11.4. The Hall–Kier alpha value is -3.74. The van der Waals surface area contributed by atoms with Crippen LogP contribution in [-0.4, -0.2) is 22.1 Å². The first-order chi connectivity index (χ1) is 16.6. The van der Waals surface area contributed by atoms with Gasteiger partial charge >= 0.3 is 0 Å². The van der Waals surface area contributed by atoms with Crippen LogP contribution in [0.25, 0.3) is 11.1 Å². The normalized spacial score (nSPS) is 16.9. The predicted octanol–water partition coefficient (Wildman–Crippen LogP) is 4.33. The number of nitrogens with one attached hydrogen (secondary N) is 2. The molecule has 0 spiro atoms. The fourth-order valence-electron chi connectivity index (χ4n) is 4.44. The Bertz CT molecular complexity index is 1280. The van der Waals surface area contributed by atoms with Gasteiger partial charge in [0.2, 0.25) is 0 Å². The smallest absolute Gasteiger partial charge is 0.251 e. The topological polar surface area (TPSA) is 87.4 Å². The average molecular weight is 454 g/mol. The molecule has 4 aromatic rings. The summed E-state index contributed by atoms with van der Waals surface area (Å²) in [4.78, 5) is 17.1. The maximum atomic E-state index is 13.0. The summed E-state index contributed by atoms with van der Waals surface area (Å²) >= 11 is 0. The molecule has 2 atom stereocenters. The molecule has 6 nitrogen and oxygen atoms in total. The molecule has 34 heavy (non-hydrogen) atoms. The van der Waals surface area contributed by atoms with Crippen molar-refractivity contribution in [2.75, 3.05) is 0 Å². The first-order valence-electron chi connectivity index (χ1n) is 11.4. The lowest BCUT2D eigenvalue weighted by atomic mass is 10.0. The average Bonchev–Trinajstić information content (AvgIpc) is 3.41. The lowest BCUT2D eigenvalue weighted by molar-refractivity contribution is 0.0858. The minimum absolute atomic E-state index is 0.194. The van der Waals surface area contributed by atoms with E-state index in [9.17, 15) is 9.90 Å². The van der Waals surface area contributed by atoms with E-state index in [1.54, 1.807) is 6.20 Å². The predicted molar refractivity (Wildman–Crippen MR) is 130 cm³/mol. The van der Waals surface area contributed by atoms with Crippen LogP contribution in [0.1, 0.15) is 44.7 Å². The van der Waals surface area contributed by atoms with Crippen molar-refractivity contribution in [2.24, 2.45) is 0 Å². The van der Waals surface area contributed by atoms with Crippen molar-refractivity contribution in [1.29, 1.82) is 0 Å². The summed E-state index contributed by atoms with van der Waals surface area (Å²) in [5, 5.41) is 17.1. The number of hydrogen-bond acceptors (Lipinski definition) is 5. The van der Waals surface area contributed by atoms with E-state index in [4.69, 9.17) is 4.42 Å². The van der Waals surface area contributed by atoms with E-state index in [0.29, 0.717) is 31.0 Å². The Morgan fingerprint density at radius 1 is 1.03 bits per heavy atom. The van der Waals surface area contributed by atoms with E-state index >= 15 is 0 Å². The van der Waals surface area contributed by atoms with E-state index in [2.05, 4.69) is 27.8 Å². The minimum Gasteiger partial charge on any atom is -0.445 e. The van der Waals surface area contributed by atoms with E-state index in [1.807, 2.05) is 67.6 Å². The third-order valence-corrected chi connectivity index (χ3v) is 6.20. The highest BCUT2D eigenvalue weighted by Crippen LogP contribution is 2.33. The number of hydrogen-bond donors (Lipinski definition) is 3. The van der Waals surface area contributed by atoms with Gasteiger partial charge in [0, 0.05) is 25.5 Å². The number of aryl methyl sites for hydroxylation is 1. The highest BCUT2D eigenvalue weighted by molar-refractivity contribution is 5.95. The molecule has 1 heterocycles. The number of oxazole rings is 1. The number of benzene rings is 3. The van der Waals surface area contributed by atoms with Gasteiger partial charge in [0.15, 0.2) is 5.89 Å². The summed E-state index contributed by atoms with van der Waals surface area (Å²) in [6.45, 7) is 3.05. The van der Waals surface area contributed by atoms with Gasteiger partial charge in [0.25, 0.3) is 5.91 Å². The van der Waals surface area contributed by atoms with Gasteiger partial charge in [0.1, 0.15) is 5.76 Å². The fourth-order valence-corrected chi connectivity index (χ4v) is 4.44. The van der Waals surface area contributed by atoms with Gasteiger partial charge in [-0.25, -0.2) is 4.98 Å². The summed E-state index contributed by atoms with van der Waals surface area (Å²) in [6.07, 6.45) is 1.60. The van der Waals surface area contributed by atoms with E-state index < -0.39 is 12.1 Å². The molecular formula is C28H27N3O3. The zero-order valence-corrected chi connectivity index (χ0v) is 19.0. The monoisotopic (exact) mass is 453 g/mol. The van der Waals surface area contributed by atoms with Crippen LogP contribution in [0.4, 0.5) is 0 Å². The number of carbonyl (C=O) groups excluding carboxylic acids is 1. The molecule has 0 saturated carbocycles. The van der Waals surface area contributed by atoms with E-state index in [1.165, 1.54) is 0 Å². The minimum atomic E-state index is -0.650. The number of aliphatic hydroxyl groups is 1. The molecule has 172 valence electrons. The van der Waals surface area contributed by atoms with Crippen LogP contribution in [0.15, 0.2) is 83.4 Å². The zero-order valence-electron chi connectivity index (χ0n) is 19.0. The molecule has 1 amide bonds. The van der Waals surface area contributed by atoms with Crippen molar-refractivity contribution in [3.63, 3.8) is 0 Å². The Kier molecular flexibility index (Phi) is 6.25. The number of aliphatic hydroxyl groups excluding tert-OH is 1. The summed E-state index contributed by atoms with van der Waals surface area (Å²) < 4.78 is 5.49. The van der Waals surface area contributed by atoms with Crippen LogP contribution in [0.5, 0.6) is 0 Å². The third-order valence-electron chi connectivity index (χ3n) is 6.20. The molecule has 0 saturated heterocycles. The second-order valence-electron chi connectivity index (χ2n) is 8.65. The van der Waals surface area contributed by atoms with Crippen molar-refractivity contribution in [3.05, 3.63) is 113 Å². The second-order valence-corrected chi connectivity index (χ2v) is 8.65. The molecular weight excluding hydrogens is 426 g/mol. The summed E-state index contributed by atoms with van der Waals surface area (Å²) in [5.74, 6) is 1.25. The molecule has 1 aliphatic rings. The van der Waals surface area contributed by atoms with Gasteiger partial charge in [-0.05, 0) is 39.9 Å². The number of rotatable bonds is 7. The fraction of sp³-hybridized carbons (Fsp3) is 0.214. The number of nitrogens with zero attached hydrogens (tertiary/aromatic N) is 1. The number of fused-ring (bicyclic) bond motifs is 1. The van der Waals surface area contributed by atoms with Crippen LogP contribution < -0.4 is 10.6 Å². The molecule has 3 N–H and O–H groups in total. The number of carbonyl (C=O) groups is 1. The SMILES string of the molecule is Cc1ncc(CNCc2ccc3c(c2)[C@@H](NC(=O)c2ccc(-c4ccccc4)cc2)[C@H](O)C3)o1. The number of amides is 1. The van der Waals surface area contributed by atoms with Crippen molar-refractivity contribution in [3.8, 4) is 11.1 Å². The van der Waals surface area contributed by atoms with Crippen molar-refractivity contribution >= 4 is 5.91 Å². The molecule has 3 aromatic carbocycles. The van der Waals surface area contributed by atoms with E-state index in [-0.39, 0.29) is 5.91 Å². The molecule has 0 unspecified atom stereocenters. The Morgan fingerprint density at radius 3 is 2.53 bits per heavy atom. The molecule has 0 bridgehead atoms. The molecule has 6 heteroatoms. The summed E-state index contributed by atoms with van der Waals surface area (Å²) in [5.41, 5.74) is 5.84. The van der Waals surface area contributed by atoms with Gasteiger partial charge in [-0.15, -0.1) is 0 Å². The standard InChI is InChI=1S/C28H27N3O3/c1-18-30-17-24(34-18)16-29-15-19-7-8-23-14-26(32)27(25(23)13-19)31-28(33)22-11-9-21(10-12-22)20-5-3-2-4-6-20/h2-13,17,26-27,29,32H,14-16H2,1H3,(H,31,33)/t26-,27-/m1/s1. The largest absolute Gasteiger partial charge is 0.445 e. The third kappa shape index (κ3) is 4.78. The highest BCUT2D eigenvalue weighted by Gasteiger charge is 2.32. The zero-order chi connectivity index (χ0) is 23.5. The quantitative estimate of drug-likeness (QED) is 0.388. The van der Waals surface area contributed by atoms with Gasteiger partial charge in [-0.3, -0.25) is 4.79 Å². The molecule has 0 radical (unpaired) electrons. The molecule has 0 aliphatic heterocycles.